The van der Waals surface area contributed by atoms with E-state index in [1.165, 1.54) is 83.3 Å². The van der Waals surface area contributed by atoms with Crippen LogP contribution in [-0.2, 0) is 112 Å². The van der Waals surface area contributed by atoms with Crippen molar-refractivity contribution in [2.45, 2.75) is 262 Å². The second-order valence-corrected chi connectivity index (χ2v) is 39.8. The number of aliphatic hydroxyl groups is 1. The molecule has 1 aliphatic heterocycles. The van der Waals surface area contributed by atoms with Gasteiger partial charge in [-0.3, -0.25) is 81.5 Å². The first-order valence-electron chi connectivity index (χ1n) is 49.3. The Labute approximate surface area is 856 Å². The molecule has 2 aliphatic rings. The second kappa shape index (κ2) is 57.5. The van der Waals surface area contributed by atoms with Crippen molar-refractivity contribution in [3.05, 3.63) is 161 Å². The van der Waals surface area contributed by atoms with E-state index in [9.17, 15) is 78.0 Å². The van der Waals surface area contributed by atoms with Crippen LogP contribution >= 0.6 is 11.8 Å². The third kappa shape index (κ3) is 36.9. The summed E-state index contributed by atoms with van der Waals surface area (Å²) in [4.78, 5) is 280. The number of hydrogen-bond donors (Lipinski definition) is 22. The lowest BCUT2D eigenvalue weighted by atomic mass is 9.84. The van der Waals surface area contributed by atoms with Gasteiger partial charge in [0, 0.05) is 55.6 Å². The topological polar surface area (TPSA) is 680 Å². The quantitative estimate of drug-likeness (QED) is 0.0289. The number of fused-ring (bicyclic) bond motifs is 1. The van der Waals surface area contributed by atoms with E-state index < -0.39 is 271 Å². The van der Waals surface area contributed by atoms with Crippen molar-refractivity contribution in [3.63, 3.8) is 0 Å². The Balaban J connectivity index is 1.24. The molecule has 2 fully saturated rings. The highest BCUT2D eigenvalue weighted by Crippen LogP contribution is 2.29. The fraction of sp³-hybridized carbons (Fsp3) is 0.505. The number of nitrogens with zero attached hydrogens (tertiary/aromatic N) is 1. The van der Waals surface area contributed by atoms with Crippen LogP contribution in [0.2, 0.25) is 0 Å². The number of nitrogens with two attached hydrogens (primary N) is 3. The minimum atomic E-state index is -2.15. The van der Waals surface area contributed by atoms with Crippen LogP contribution < -0.4 is 96.4 Å². The highest BCUT2D eigenvalue weighted by atomic mass is 32.2. The molecule has 5 aromatic carbocycles. The van der Waals surface area contributed by atoms with Gasteiger partial charge in [0.1, 0.15) is 96.4 Å². The molecule has 0 bridgehead atoms. The molecule has 44 heteroatoms. The maximum absolute atomic E-state index is 15.6. The molecule has 2 heterocycles. The fourth-order valence-corrected chi connectivity index (χ4v) is 17.9. The summed E-state index contributed by atoms with van der Waals surface area (Å²) in [5, 5.41) is 78.8. The van der Waals surface area contributed by atoms with Crippen LogP contribution in [0.25, 0.3) is 22.0 Å². The van der Waals surface area contributed by atoms with Crippen molar-refractivity contribution in [2.24, 2.45) is 46.8 Å². The summed E-state index contributed by atoms with van der Waals surface area (Å²) in [6, 6.07) is 9.04. The lowest BCUT2D eigenvalue weighted by Gasteiger charge is -2.33. The molecule has 1 aromatic heterocycles. The standard InChI is InChI=1S/C103H141N19O24S/c1-54(2)42-73-91(132)110-72(39-41-105)90(131)113-77(44-60-20-14-12-15-21-60)98(139)121-87(59(10)123)101(142)119-85(56(5)6)100(141)118-81(99(140)109-71(38-40-104)88(106)129)52-147-53-82(124)108-75(45-63-30-36-68(37-31-63)146-51-84(127)128)93(134)114-76(46-62-28-34-66(35-29-62)103(144)145)94(135)117-80(49-83(125)126)96(137)116-79(48-67-50-107-70-25-19-18-24-69(67)70)95(136)112-74(43-55(3)4)92(133)115-78(47-61-26-32-65(33-27-61)64-22-16-13-17-23-64)97(138)120-86(57(7)8)102(143)122(11)58(9)89(130)111-73/h13,16-19,22-37,50,54-60,71-81,85-87,107,123H,12,14-15,20-21,38-49,51-53,104-105H2,1-11H3,(H2,106,129)(H,108,124)(H,109,140)(H,110,132)(H,111,130)(H,112,136)(H,113,131)(H,114,134)(H,115,133)(H,116,137)(H,117,135)(H,118,141)(H,119,142)(H,120,138)(H,121,139)(H,125,126)(H,127,128)(H,144,145)/t58-,59+,71-,72-,73+,74-,75-,76-,77-,78-,79-,80-,81-,85-,86-,87-/m0/s1. The number of aromatic carboxylic acids is 1. The molecule has 25 N–H and O–H groups in total. The van der Waals surface area contributed by atoms with E-state index in [-0.39, 0.29) is 85.9 Å². The molecule has 147 heavy (non-hydrogen) atoms. The van der Waals surface area contributed by atoms with E-state index >= 15 is 33.6 Å². The number of aliphatic carboxylic acids is 2. The summed E-state index contributed by atoms with van der Waals surface area (Å²) >= 11 is 0.673. The Morgan fingerprint density at radius 3 is 1.44 bits per heavy atom. The number of aromatic nitrogens is 1. The third-order valence-corrected chi connectivity index (χ3v) is 26.4. The average Bonchev–Trinajstić information content (AvgIpc) is 1.64. The van der Waals surface area contributed by atoms with Gasteiger partial charge in [0.05, 0.1) is 23.8 Å². The first-order chi connectivity index (χ1) is 69.7. The number of carbonyl (C=O) groups is 19. The predicted octanol–water partition coefficient (Wildman–Crippen LogP) is 1.06. The van der Waals surface area contributed by atoms with Crippen molar-refractivity contribution in [1.29, 1.82) is 0 Å². The number of carboxylic acid groups (broad SMARTS) is 3. The summed E-state index contributed by atoms with van der Waals surface area (Å²) in [5.41, 5.74) is 20.9. The molecule has 16 amide bonds. The molecular formula is C103H141N19O24S. The van der Waals surface area contributed by atoms with Gasteiger partial charge in [0.15, 0.2) is 6.61 Å². The number of likely N-dealkylation sites (N-methyl/N-ethyl adjacent to an activating group) is 1. The van der Waals surface area contributed by atoms with Crippen LogP contribution in [0.3, 0.4) is 0 Å². The van der Waals surface area contributed by atoms with E-state index in [0.717, 1.165) is 35.3 Å². The van der Waals surface area contributed by atoms with Crippen molar-refractivity contribution >= 4 is 135 Å². The molecule has 1 aliphatic carbocycles. The Hall–Kier alpha value is -14.4. The van der Waals surface area contributed by atoms with Crippen LogP contribution in [0.5, 0.6) is 5.75 Å². The van der Waals surface area contributed by atoms with E-state index in [4.69, 9.17) is 21.9 Å². The lowest BCUT2D eigenvalue weighted by Crippen LogP contribution is -2.63. The van der Waals surface area contributed by atoms with Gasteiger partial charge in [-0.1, -0.05) is 185 Å². The van der Waals surface area contributed by atoms with Crippen LogP contribution in [0.4, 0.5) is 0 Å². The van der Waals surface area contributed by atoms with Gasteiger partial charge in [0.2, 0.25) is 94.5 Å². The number of benzene rings is 5. The minimum Gasteiger partial charge on any atom is -0.482 e. The Bertz CT molecular complexity index is 5570. The zero-order valence-electron chi connectivity index (χ0n) is 84.5. The normalized spacial score (nSPS) is 23.4. The number of carboxylic acids is 3. The van der Waals surface area contributed by atoms with E-state index in [0.29, 0.717) is 46.6 Å². The summed E-state index contributed by atoms with van der Waals surface area (Å²) in [7, 11) is 1.30. The van der Waals surface area contributed by atoms with Crippen LogP contribution in [-0.4, -0.2) is 278 Å². The molecule has 0 unspecified atom stereocenters. The van der Waals surface area contributed by atoms with E-state index in [1.54, 1.807) is 96.3 Å². The Morgan fingerprint density at radius 2 is 0.918 bits per heavy atom. The molecule has 43 nitrogen and oxygen atoms in total. The Morgan fingerprint density at radius 1 is 0.469 bits per heavy atom. The largest absolute Gasteiger partial charge is 0.482 e. The van der Waals surface area contributed by atoms with Gasteiger partial charge in [0.25, 0.3) is 0 Å². The van der Waals surface area contributed by atoms with E-state index in [1.807, 2.05) is 30.3 Å². The third-order valence-electron chi connectivity index (χ3n) is 25.3. The van der Waals surface area contributed by atoms with Crippen LogP contribution in [0.1, 0.15) is 172 Å². The van der Waals surface area contributed by atoms with Gasteiger partial charge in [-0.25, -0.2) is 9.59 Å². The molecule has 8 rings (SSSR count). The average molecular weight is 2060 g/mol. The number of carbonyl (C=O) groups excluding carboxylic acids is 16. The highest BCUT2D eigenvalue weighted by molar-refractivity contribution is 8.00. The maximum Gasteiger partial charge on any atom is 0.341 e. The van der Waals surface area contributed by atoms with Crippen molar-refractivity contribution in [3.8, 4) is 16.9 Å². The molecule has 6 aromatic rings. The second-order valence-electron chi connectivity index (χ2n) is 38.8. The maximum atomic E-state index is 15.6. The number of aromatic amines is 1. The van der Waals surface area contributed by atoms with Crippen molar-refractivity contribution in [2.75, 3.05) is 38.2 Å². The number of thioether (sulfide) groups is 1. The van der Waals surface area contributed by atoms with Gasteiger partial charge in [-0.15, -0.1) is 11.8 Å². The lowest BCUT2D eigenvalue weighted by molar-refractivity contribution is -0.143. The number of rotatable bonds is 31. The zero-order valence-corrected chi connectivity index (χ0v) is 85.3. The number of aliphatic hydroxyl groups excluding tert-OH is 1. The number of para-hydroxylation sites is 1. The number of ether oxygens (including phenoxy) is 1. The van der Waals surface area contributed by atoms with Gasteiger partial charge in [-0.2, -0.15) is 0 Å². The number of amides is 16. The smallest absolute Gasteiger partial charge is 0.341 e. The van der Waals surface area contributed by atoms with Crippen LogP contribution in [0.15, 0.2) is 134 Å². The van der Waals surface area contributed by atoms with Crippen LogP contribution in [0, 0.1) is 29.6 Å². The molecule has 0 radical (unpaired) electrons. The summed E-state index contributed by atoms with van der Waals surface area (Å²) in [5.74, 6) is -24.5. The molecule has 0 spiro atoms. The van der Waals surface area contributed by atoms with Crippen molar-refractivity contribution in [1.82, 2.24) is 84.3 Å². The summed E-state index contributed by atoms with van der Waals surface area (Å²) < 4.78 is 5.34. The summed E-state index contributed by atoms with van der Waals surface area (Å²) in [6.07, 6.45) is -0.0528. The minimum absolute atomic E-state index is 0.0119. The zero-order chi connectivity index (χ0) is 108. The fourth-order valence-electron chi connectivity index (χ4n) is 17.1. The van der Waals surface area contributed by atoms with Gasteiger partial charge < -0.3 is 127 Å². The summed E-state index contributed by atoms with van der Waals surface area (Å²) in [6.45, 7) is 14.6. The number of primary amides is 1. The molecule has 798 valence electrons. The number of hydrogen-bond acceptors (Lipinski definition) is 24. The number of H-pyrrole nitrogens is 1. The monoisotopic (exact) mass is 2060 g/mol. The van der Waals surface area contributed by atoms with E-state index in [2.05, 4.69) is 79.4 Å². The Kier molecular flexibility index (Phi) is 46.1. The first kappa shape index (κ1) is 118. The van der Waals surface area contributed by atoms with Gasteiger partial charge >= 0.3 is 17.9 Å². The SMILES string of the molecule is CC(C)C[C@@H]1NC(=O)[C@H](Cc2c[nH]c3ccccc23)NC(=O)[C@H](CC(=O)O)NC(=O)[C@H](Cc2ccc(C(=O)O)cc2)NC(=O)[C@H](Cc2ccc(OCC(=O)O)cc2)NC(=O)CSC[C@@H](C(=O)N[C@@H](CCN)C(N)=O)NC(=O)[C@H](C(C)C)NC(=O)[C@H]([C@@H](C)O)NC(=O)[C@H](CC2CCCCC2)NC(=O)[C@H](CCN)NC(=O)[C@@H](CC(C)C)NC(=O)[C@H](C)N(C)C(=O)[C@H](C(C)C)NC(=O)[C@H](Cc2ccc(-c3ccccc3)cc2)NC1=O. The van der Waals surface area contributed by atoms with Crippen molar-refractivity contribution < 1.29 is 116 Å². The van der Waals surface area contributed by atoms with Gasteiger partial charge in [-0.05, 0) is 152 Å². The molecule has 16 atom stereocenters. The number of nitrogens with one attached hydrogen (secondary N) is 15. The predicted molar refractivity (Wildman–Crippen MR) is 545 cm³/mol. The first-order valence-corrected chi connectivity index (χ1v) is 50.5. The molecule has 1 saturated carbocycles. The highest BCUT2D eigenvalue weighted by Gasteiger charge is 2.43. The molecular weight excluding hydrogens is 1920 g/mol. The molecule has 1 saturated heterocycles.